The third-order valence-corrected chi connectivity index (χ3v) is 4.17. The van der Waals surface area contributed by atoms with E-state index >= 15 is 0 Å². The second kappa shape index (κ2) is 5.14. The molecule has 0 atom stereocenters. The first kappa shape index (κ1) is 12.0. The summed E-state index contributed by atoms with van der Waals surface area (Å²) in [6, 6.07) is 3.36. The summed E-state index contributed by atoms with van der Waals surface area (Å²) in [4.78, 5) is 11.4. The molecule has 0 spiro atoms. The minimum Gasteiger partial charge on any atom is -0.462 e. The fourth-order valence-corrected chi connectivity index (χ4v) is 1.92. The maximum absolute atomic E-state index is 11.4. The first-order valence-electron chi connectivity index (χ1n) is 3.88. The van der Waals surface area contributed by atoms with Crippen LogP contribution in [-0.2, 0) is 4.74 Å². The van der Waals surface area contributed by atoms with Gasteiger partial charge in [-0.05, 0) is 50.9 Å². The summed E-state index contributed by atoms with van der Waals surface area (Å²) in [7, 11) is 0. The van der Waals surface area contributed by atoms with E-state index in [0.717, 1.165) is 4.47 Å². The molecule has 0 aliphatic heterocycles. The minimum absolute atomic E-state index is 0.336. The van der Waals surface area contributed by atoms with Gasteiger partial charge in [0.25, 0.3) is 0 Å². The lowest BCUT2D eigenvalue weighted by Crippen LogP contribution is -2.05. The standard InChI is InChI=1S/C9H7Br2ClO2/c1-2-14-9(13)5-3-4-6(10)7(11)8(5)12/h3-4H,2H2,1H3. The van der Waals surface area contributed by atoms with Gasteiger partial charge in [-0.25, -0.2) is 4.79 Å². The molecule has 0 fully saturated rings. The summed E-state index contributed by atoms with van der Waals surface area (Å²) in [6.45, 7) is 2.09. The summed E-state index contributed by atoms with van der Waals surface area (Å²) >= 11 is 12.5. The average molecular weight is 342 g/mol. The van der Waals surface area contributed by atoms with E-state index in [1.165, 1.54) is 0 Å². The van der Waals surface area contributed by atoms with Gasteiger partial charge in [-0.2, -0.15) is 0 Å². The number of rotatable bonds is 2. The van der Waals surface area contributed by atoms with Crippen molar-refractivity contribution in [1.82, 2.24) is 0 Å². The first-order chi connectivity index (χ1) is 6.57. The molecule has 0 saturated carbocycles. The van der Waals surface area contributed by atoms with Crippen molar-refractivity contribution in [2.24, 2.45) is 0 Å². The molecule has 0 aliphatic rings. The molecule has 1 aromatic carbocycles. The Hall–Kier alpha value is -0.0600. The van der Waals surface area contributed by atoms with Crippen LogP contribution in [0.4, 0.5) is 0 Å². The summed E-state index contributed by atoms with van der Waals surface area (Å²) in [6.07, 6.45) is 0. The molecular weight excluding hydrogens is 335 g/mol. The van der Waals surface area contributed by atoms with Gasteiger partial charge in [0.05, 0.1) is 21.7 Å². The quantitative estimate of drug-likeness (QED) is 0.599. The van der Waals surface area contributed by atoms with Gasteiger partial charge in [0, 0.05) is 4.47 Å². The van der Waals surface area contributed by atoms with Crippen molar-refractivity contribution in [2.45, 2.75) is 6.92 Å². The molecule has 1 rings (SSSR count). The summed E-state index contributed by atoms with van der Waals surface area (Å²) < 4.78 is 6.30. The molecule has 14 heavy (non-hydrogen) atoms. The molecule has 5 heteroatoms. The Kier molecular flexibility index (Phi) is 4.41. The van der Waals surface area contributed by atoms with Crippen molar-refractivity contribution >= 4 is 49.4 Å². The number of ether oxygens (including phenoxy) is 1. The van der Waals surface area contributed by atoms with E-state index in [1.807, 2.05) is 0 Å². The van der Waals surface area contributed by atoms with Gasteiger partial charge in [0.2, 0.25) is 0 Å². The molecule has 76 valence electrons. The van der Waals surface area contributed by atoms with Gasteiger partial charge in [0.1, 0.15) is 0 Å². The normalized spacial score (nSPS) is 10.0. The Morgan fingerprint density at radius 1 is 1.50 bits per heavy atom. The van der Waals surface area contributed by atoms with Crippen LogP contribution >= 0.6 is 43.5 Å². The zero-order valence-electron chi connectivity index (χ0n) is 7.31. The maximum atomic E-state index is 11.4. The Morgan fingerprint density at radius 2 is 2.14 bits per heavy atom. The van der Waals surface area contributed by atoms with Crippen molar-refractivity contribution in [2.75, 3.05) is 6.61 Å². The van der Waals surface area contributed by atoms with Gasteiger partial charge in [-0.3, -0.25) is 0 Å². The van der Waals surface area contributed by atoms with Gasteiger partial charge in [0.15, 0.2) is 0 Å². The Labute approximate surface area is 104 Å². The number of esters is 1. The zero-order valence-corrected chi connectivity index (χ0v) is 11.2. The number of hydrogen-bond acceptors (Lipinski definition) is 2. The van der Waals surface area contributed by atoms with Gasteiger partial charge < -0.3 is 4.74 Å². The first-order valence-corrected chi connectivity index (χ1v) is 5.85. The van der Waals surface area contributed by atoms with Crippen LogP contribution in [0.1, 0.15) is 17.3 Å². The molecule has 0 radical (unpaired) electrons. The molecular formula is C9H7Br2ClO2. The lowest BCUT2D eigenvalue weighted by Gasteiger charge is -2.06. The highest BCUT2D eigenvalue weighted by molar-refractivity contribution is 9.13. The lowest BCUT2D eigenvalue weighted by atomic mass is 10.2. The molecule has 0 aliphatic carbocycles. The van der Waals surface area contributed by atoms with Crippen LogP contribution in [0, 0.1) is 0 Å². The number of benzene rings is 1. The Morgan fingerprint density at radius 3 is 2.71 bits per heavy atom. The second-order valence-corrected chi connectivity index (χ2v) is 4.47. The predicted molar refractivity (Wildman–Crippen MR) is 62.8 cm³/mol. The molecule has 0 bridgehead atoms. The highest BCUT2D eigenvalue weighted by Gasteiger charge is 2.15. The molecule has 2 nitrogen and oxygen atoms in total. The van der Waals surface area contributed by atoms with Crippen LogP contribution in [-0.4, -0.2) is 12.6 Å². The van der Waals surface area contributed by atoms with Crippen LogP contribution in [0.15, 0.2) is 21.1 Å². The molecule has 0 saturated heterocycles. The lowest BCUT2D eigenvalue weighted by molar-refractivity contribution is 0.0526. The number of carbonyl (C=O) groups excluding carboxylic acids is 1. The maximum Gasteiger partial charge on any atom is 0.339 e. The average Bonchev–Trinajstić information content (AvgIpc) is 2.15. The SMILES string of the molecule is CCOC(=O)c1ccc(Br)c(Br)c1Cl. The number of carbonyl (C=O) groups is 1. The smallest absolute Gasteiger partial charge is 0.339 e. The van der Waals surface area contributed by atoms with Gasteiger partial charge in [-0.1, -0.05) is 11.6 Å². The fraction of sp³-hybridized carbons (Fsp3) is 0.222. The van der Waals surface area contributed by atoms with Crippen molar-refractivity contribution < 1.29 is 9.53 Å². The summed E-state index contributed by atoms with van der Waals surface area (Å²) in [5.41, 5.74) is 0.364. The number of hydrogen-bond donors (Lipinski definition) is 0. The van der Waals surface area contributed by atoms with Crippen molar-refractivity contribution in [3.63, 3.8) is 0 Å². The number of halogens is 3. The van der Waals surface area contributed by atoms with E-state index in [-0.39, 0.29) is 0 Å². The van der Waals surface area contributed by atoms with Crippen LogP contribution in [0.2, 0.25) is 5.02 Å². The zero-order chi connectivity index (χ0) is 10.7. The topological polar surface area (TPSA) is 26.3 Å². The van der Waals surface area contributed by atoms with Gasteiger partial charge in [-0.15, -0.1) is 0 Å². The van der Waals surface area contributed by atoms with E-state index < -0.39 is 5.97 Å². The minimum atomic E-state index is -0.411. The molecule has 1 aromatic rings. The molecule has 0 heterocycles. The molecule has 0 aromatic heterocycles. The molecule has 0 unspecified atom stereocenters. The third-order valence-electron chi connectivity index (χ3n) is 1.53. The molecule has 0 amide bonds. The van der Waals surface area contributed by atoms with E-state index in [9.17, 15) is 4.79 Å². The van der Waals surface area contributed by atoms with E-state index in [1.54, 1.807) is 19.1 Å². The second-order valence-electron chi connectivity index (χ2n) is 2.44. The monoisotopic (exact) mass is 340 g/mol. The van der Waals surface area contributed by atoms with Crippen molar-refractivity contribution in [1.29, 1.82) is 0 Å². The Bertz CT molecular complexity index is 366. The van der Waals surface area contributed by atoms with E-state index in [4.69, 9.17) is 16.3 Å². The summed E-state index contributed by atoms with van der Waals surface area (Å²) in [5.74, 6) is -0.411. The van der Waals surface area contributed by atoms with Crippen LogP contribution in [0.25, 0.3) is 0 Å². The largest absolute Gasteiger partial charge is 0.462 e. The van der Waals surface area contributed by atoms with E-state index in [2.05, 4.69) is 31.9 Å². The summed E-state index contributed by atoms with van der Waals surface area (Å²) in [5, 5.41) is 0.359. The van der Waals surface area contributed by atoms with Crippen molar-refractivity contribution in [3.8, 4) is 0 Å². The van der Waals surface area contributed by atoms with Crippen LogP contribution in [0.5, 0.6) is 0 Å². The fourth-order valence-electron chi connectivity index (χ4n) is 0.892. The Balaban J connectivity index is 3.11. The highest BCUT2D eigenvalue weighted by atomic mass is 79.9. The third kappa shape index (κ3) is 2.49. The van der Waals surface area contributed by atoms with Crippen molar-refractivity contribution in [3.05, 3.63) is 31.7 Å². The predicted octanol–water partition coefficient (Wildman–Crippen LogP) is 4.04. The van der Waals surface area contributed by atoms with E-state index in [0.29, 0.717) is 21.7 Å². The van der Waals surface area contributed by atoms with Crippen LogP contribution in [0.3, 0.4) is 0 Å². The highest BCUT2D eigenvalue weighted by Crippen LogP contribution is 2.33. The van der Waals surface area contributed by atoms with Crippen LogP contribution < -0.4 is 0 Å². The molecule has 0 N–H and O–H groups in total. The van der Waals surface area contributed by atoms with Gasteiger partial charge >= 0.3 is 5.97 Å².